The number of esters is 2. The summed E-state index contributed by atoms with van der Waals surface area (Å²) >= 11 is 0. The molecule has 0 amide bonds. The van der Waals surface area contributed by atoms with E-state index in [1.165, 1.54) is 148 Å². The van der Waals surface area contributed by atoms with E-state index < -0.39 is 6.10 Å². The number of hydrogen-bond acceptors (Lipinski definition) is 5. The molecule has 5 nitrogen and oxygen atoms in total. The molecule has 0 aliphatic heterocycles. The van der Waals surface area contributed by atoms with Gasteiger partial charge < -0.3 is 14.6 Å². The van der Waals surface area contributed by atoms with Crippen molar-refractivity contribution in [2.45, 2.75) is 213 Å². The summed E-state index contributed by atoms with van der Waals surface area (Å²) < 4.78 is 10.6. The molecular formula is C37H72O5. The van der Waals surface area contributed by atoms with E-state index in [-0.39, 0.29) is 25.2 Å². The molecule has 0 aliphatic rings. The summed E-state index contributed by atoms with van der Waals surface area (Å²) in [5.74, 6) is -0.578. The summed E-state index contributed by atoms with van der Waals surface area (Å²) in [4.78, 5) is 24.2. The first-order valence-electron chi connectivity index (χ1n) is 18.6. The van der Waals surface area contributed by atoms with E-state index >= 15 is 0 Å². The van der Waals surface area contributed by atoms with Crippen LogP contribution >= 0.6 is 0 Å². The van der Waals surface area contributed by atoms with Gasteiger partial charge in [-0.05, 0) is 12.8 Å². The molecule has 1 atom stereocenters. The van der Waals surface area contributed by atoms with Crippen molar-refractivity contribution in [1.82, 2.24) is 0 Å². The number of rotatable bonds is 34. The van der Waals surface area contributed by atoms with Gasteiger partial charge in [0.15, 0.2) is 6.10 Å². The van der Waals surface area contributed by atoms with Gasteiger partial charge in [0, 0.05) is 12.8 Å². The van der Waals surface area contributed by atoms with Crippen LogP contribution < -0.4 is 0 Å². The maximum Gasteiger partial charge on any atom is 0.306 e. The lowest BCUT2D eigenvalue weighted by Crippen LogP contribution is -2.28. The minimum atomic E-state index is -0.760. The van der Waals surface area contributed by atoms with Crippen molar-refractivity contribution in [3.05, 3.63) is 0 Å². The molecule has 0 rings (SSSR count). The molecule has 42 heavy (non-hydrogen) atoms. The second kappa shape index (κ2) is 34.4. The summed E-state index contributed by atoms with van der Waals surface area (Å²) in [5.41, 5.74) is 0. The van der Waals surface area contributed by atoms with Gasteiger partial charge in [0.2, 0.25) is 0 Å². The molecule has 0 saturated heterocycles. The van der Waals surface area contributed by atoms with E-state index in [1.807, 2.05) is 0 Å². The van der Waals surface area contributed by atoms with E-state index in [4.69, 9.17) is 9.47 Å². The summed E-state index contributed by atoms with van der Waals surface area (Å²) in [6.07, 6.45) is 35.8. The number of carbonyl (C=O) groups excluding carboxylic acids is 2. The fourth-order valence-electron chi connectivity index (χ4n) is 5.55. The molecule has 0 fully saturated rings. The quantitative estimate of drug-likeness (QED) is 0.0591. The van der Waals surface area contributed by atoms with Crippen molar-refractivity contribution in [2.24, 2.45) is 0 Å². The summed E-state index contributed by atoms with van der Waals surface area (Å²) in [5, 5.41) is 9.52. The Morgan fingerprint density at radius 2 is 0.738 bits per heavy atom. The molecule has 250 valence electrons. The molecule has 0 aliphatic carbocycles. The van der Waals surface area contributed by atoms with Crippen LogP contribution in [0.3, 0.4) is 0 Å². The summed E-state index contributed by atoms with van der Waals surface area (Å²) in [6, 6.07) is 0. The van der Waals surface area contributed by atoms with Crippen LogP contribution in [0.25, 0.3) is 0 Å². The molecule has 0 aromatic rings. The first-order valence-corrected chi connectivity index (χ1v) is 18.6. The minimum Gasteiger partial charge on any atom is -0.462 e. The largest absolute Gasteiger partial charge is 0.462 e. The fraction of sp³-hybridized carbons (Fsp3) is 0.946. The lowest BCUT2D eigenvalue weighted by atomic mass is 10.0. The highest BCUT2D eigenvalue weighted by molar-refractivity contribution is 5.70. The van der Waals surface area contributed by atoms with Gasteiger partial charge in [-0.15, -0.1) is 0 Å². The second-order valence-corrected chi connectivity index (χ2v) is 12.7. The van der Waals surface area contributed by atoms with E-state index in [1.54, 1.807) is 0 Å². The number of unbranched alkanes of at least 4 members (excludes halogenated alkanes) is 26. The Balaban J connectivity index is 3.51. The van der Waals surface area contributed by atoms with Crippen molar-refractivity contribution in [3.63, 3.8) is 0 Å². The van der Waals surface area contributed by atoms with Gasteiger partial charge >= 0.3 is 11.9 Å². The molecule has 0 aromatic carbocycles. The lowest BCUT2D eigenvalue weighted by Gasteiger charge is -2.15. The first kappa shape index (κ1) is 40.9. The van der Waals surface area contributed by atoms with Gasteiger partial charge in [-0.3, -0.25) is 9.59 Å². The predicted molar refractivity (Wildman–Crippen MR) is 178 cm³/mol. The van der Waals surface area contributed by atoms with Crippen LogP contribution in [-0.2, 0) is 19.1 Å². The van der Waals surface area contributed by atoms with Gasteiger partial charge in [0.25, 0.3) is 0 Å². The van der Waals surface area contributed by atoms with Crippen molar-refractivity contribution >= 4 is 11.9 Å². The van der Waals surface area contributed by atoms with Crippen LogP contribution in [0.5, 0.6) is 0 Å². The van der Waals surface area contributed by atoms with Crippen molar-refractivity contribution < 1.29 is 24.2 Å². The van der Waals surface area contributed by atoms with Crippen LogP contribution in [0.2, 0.25) is 0 Å². The van der Waals surface area contributed by atoms with Crippen LogP contribution in [-0.4, -0.2) is 36.4 Å². The molecule has 5 heteroatoms. The number of aliphatic hydroxyl groups is 1. The van der Waals surface area contributed by atoms with E-state index in [9.17, 15) is 14.7 Å². The Bertz CT molecular complexity index is 564. The molecule has 1 N–H and O–H groups in total. The van der Waals surface area contributed by atoms with E-state index in [2.05, 4.69) is 13.8 Å². The Morgan fingerprint density at radius 1 is 0.452 bits per heavy atom. The maximum atomic E-state index is 12.1. The van der Waals surface area contributed by atoms with Crippen molar-refractivity contribution in [3.8, 4) is 0 Å². The third-order valence-corrected chi connectivity index (χ3v) is 8.40. The number of carbonyl (C=O) groups is 2. The highest BCUT2D eigenvalue weighted by Gasteiger charge is 2.16. The number of aliphatic hydroxyl groups excluding tert-OH is 1. The Kier molecular flexibility index (Phi) is 33.5. The van der Waals surface area contributed by atoms with Gasteiger partial charge in [-0.2, -0.15) is 0 Å². The Labute approximate surface area is 261 Å². The highest BCUT2D eigenvalue weighted by Crippen LogP contribution is 2.15. The SMILES string of the molecule is CCCCCCCCCCCCCCCCCC(=O)OC[C@@H](CO)OC(=O)CCCCCCCCCCCCCCC. The molecule has 0 aromatic heterocycles. The molecular weight excluding hydrogens is 524 g/mol. The average molecular weight is 597 g/mol. The number of hydrogen-bond donors (Lipinski definition) is 1. The predicted octanol–water partition coefficient (Wildman–Crippen LogP) is 11.2. The fourth-order valence-corrected chi connectivity index (χ4v) is 5.55. The summed E-state index contributed by atoms with van der Waals surface area (Å²) in [6.45, 7) is 4.15. The summed E-state index contributed by atoms with van der Waals surface area (Å²) in [7, 11) is 0. The first-order chi connectivity index (χ1) is 20.6. The Hall–Kier alpha value is -1.10. The molecule has 0 radical (unpaired) electrons. The minimum absolute atomic E-state index is 0.0571. The molecule has 0 heterocycles. The van der Waals surface area contributed by atoms with Crippen LogP contribution in [0.15, 0.2) is 0 Å². The van der Waals surface area contributed by atoms with E-state index in [0.29, 0.717) is 12.8 Å². The van der Waals surface area contributed by atoms with Crippen LogP contribution in [0.1, 0.15) is 206 Å². The zero-order chi connectivity index (χ0) is 30.8. The molecule has 0 spiro atoms. The van der Waals surface area contributed by atoms with Crippen molar-refractivity contribution in [2.75, 3.05) is 13.2 Å². The number of ether oxygens (including phenoxy) is 2. The normalized spacial score (nSPS) is 12.0. The van der Waals surface area contributed by atoms with Crippen LogP contribution in [0.4, 0.5) is 0 Å². The zero-order valence-corrected chi connectivity index (χ0v) is 28.3. The standard InChI is InChI=1S/C37H72O5/c1-3-5-7-9-11-13-15-17-18-20-21-23-25-27-29-31-36(39)41-34-35(33-38)42-37(40)32-30-28-26-24-22-19-16-14-12-10-8-6-4-2/h35,38H,3-34H2,1-2H3/t35-/m1/s1. The monoisotopic (exact) mass is 597 g/mol. The average Bonchev–Trinajstić information content (AvgIpc) is 2.99. The maximum absolute atomic E-state index is 12.1. The van der Waals surface area contributed by atoms with E-state index in [0.717, 1.165) is 32.1 Å². The topological polar surface area (TPSA) is 72.8 Å². The van der Waals surface area contributed by atoms with Crippen LogP contribution in [0, 0.1) is 0 Å². The smallest absolute Gasteiger partial charge is 0.306 e. The second-order valence-electron chi connectivity index (χ2n) is 12.7. The van der Waals surface area contributed by atoms with Gasteiger partial charge in [0.1, 0.15) is 6.61 Å². The highest BCUT2D eigenvalue weighted by atomic mass is 16.6. The van der Waals surface area contributed by atoms with Gasteiger partial charge in [0.05, 0.1) is 6.61 Å². The Morgan fingerprint density at radius 3 is 1.05 bits per heavy atom. The van der Waals surface area contributed by atoms with Gasteiger partial charge in [-0.1, -0.05) is 181 Å². The third kappa shape index (κ3) is 31.8. The molecule has 0 saturated carbocycles. The zero-order valence-electron chi connectivity index (χ0n) is 28.3. The third-order valence-electron chi connectivity index (χ3n) is 8.40. The van der Waals surface area contributed by atoms with Gasteiger partial charge in [-0.25, -0.2) is 0 Å². The molecule has 0 unspecified atom stereocenters. The molecule has 0 bridgehead atoms. The van der Waals surface area contributed by atoms with Crippen molar-refractivity contribution in [1.29, 1.82) is 0 Å². The lowest BCUT2D eigenvalue weighted by molar-refractivity contribution is -0.161.